The van der Waals surface area contributed by atoms with Crippen LogP contribution in [0, 0.1) is 13.8 Å². The van der Waals surface area contributed by atoms with Crippen LogP contribution in [0.15, 0.2) is 30.5 Å². The molecule has 0 N–H and O–H groups in total. The summed E-state index contributed by atoms with van der Waals surface area (Å²) < 4.78 is 4.95. The Hall–Kier alpha value is -1.85. The van der Waals surface area contributed by atoms with E-state index in [1.165, 1.54) is 17.3 Å². The number of aryl methyl sites for hydroxylation is 2. The molecule has 0 bridgehead atoms. The number of nitrogens with zero attached hydrogens (tertiary/aromatic N) is 2. The number of benzene rings is 1. The van der Waals surface area contributed by atoms with Gasteiger partial charge in [-0.05, 0) is 31.1 Å². The first-order valence-corrected chi connectivity index (χ1v) is 6.12. The van der Waals surface area contributed by atoms with E-state index in [0.29, 0.717) is 6.61 Å². The van der Waals surface area contributed by atoms with Crippen molar-refractivity contribution in [2.24, 2.45) is 0 Å². The molecule has 0 radical (unpaired) electrons. The van der Waals surface area contributed by atoms with Crippen molar-refractivity contribution in [1.29, 1.82) is 0 Å². The van der Waals surface area contributed by atoms with Gasteiger partial charge in [-0.25, -0.2) is 4.84 Å². The van der Waals surface area contributed by atoms with Crippen LogP contribution >= 0.6 is 0 Å². The predicted molar refractivity (Wildman–Crippen MR) is 72.2 cm³/mol. The molecule has 0 saturated heterocycles. The number of anilines is 1. The number of rotatable bonds is 4. The monoisotopic (exact) mass is 262 g/mol. The number of carbonyl (C=O) groups excluding carboxylic acids is 1. The van der Waals surface area contributed by atoms with E-state index in [4.69, 9.17) is 9.57 Å². The Bertz CT molecular complexity index is 479. The van der Waals surface area contributed by atoms with Crippen LogP contribution in [0.3, 0.4) is 0 Å². The van der Waals surface area contributed by atoms with Gasteiger partial charge in [0.05, 0.1) is 18.5 Å². The number of hydroxylamine groups is 1. The number of methoxy groups -OCH3 is 1. The van der Waals surface area contributed by atoms with Gasteiger partial charge < -0.3 is 4.74 Å². The van der Waals surface area contributed by atoms with Crippen LogP contribution in [0.4, 0.5) is 5.69 Å². The van der Waals surface area contributed by atoms with Crippen molar-refractivity contribution in [3.05, 3.63) is 41.6 Å². The molecule has 2 rings (SSSR count). The lowest BCUT2D eigenvalue weighted by molar-refractivity contribution is -0.142. The van der Waals surface area contributed by atoms with Crippen molar-refractivity contribution in [3.63, 3.8) is 0 Å². The van der Waals surface area contributed by atoms with Crippen molar-refractivity contribution < 1.29 is 14.4 Å². The van der Waals surface area contributed by atoms with Gasteiger partial charge in [-0.15, -0.1) is 0 Å². The highest BCUT2D eigenvalue weighted by Crippen LogP contribution is 2.27. The average Bonchev–Trinajstić information content (AvgIpc) is 2.87. The van der Waals surface area contributed by atoms with Crippen LogP contribution in [0.5, 0.6) is 0 Å². The van der Waals surface area contributed by atoms with Gasteiger partial charge in [0.1, 0.15) is 6.61 Å². The predicted octanol–water partition coefficient (Wildman–Crippen LogP) is 1.96. The van der Waals surface area contributed by atoms with Crippen molar-refractivity contribution in [3.8, 4) is 0 Å². The summed E-state index contributed by atoms with van der Waals surface area (Å²) in [5, 5.41) is 2.97. The van der Waals surface area contributed by atoms with Gasteiger partial charge in [0, 0.05) is 7.11 Å². The lowest BCUT2D eigenvalue weighted by Gasteiger charge is -2.32. The van der Waals surface area contributed by atoms with E-state index in [-0.39, 0.29) is 12.5 Å². The van der Waals surface area contributed by atoms with Crippen LogP contribution in [0.2, 0.25) is 0 Å². The second kappa shape index (κ2) is 5.86. The van der Waals surface area contributed by atoms with Crippen LogP contribution in [0.25, 0.3) is 0 Å². The molecule has 1 amide bonds. The number of ether oxygens (including phenoxy) is 1. The molecule has 102 valence electrons. The van der Waals surface area contributed by atoms with Crippen molar-refractivity contribution in [2.45, 2.75) is 13.8 Å². The molecule has 1 aromatic carbocycles. The molecule has 0 aliphatic carbocycles. The number of hydrogen-bond donors (Lipinski definition) is 0. The number of carbonyl (C=O) groups is 1. The molecule has 0 unspecified atom stereocenters. The highest BCUT2D eigenvalue weighted by molar-refractivity contribution is 5.95. The Morgan fingerprint density at radius 2 is 2.11 bits per heavy atom. The van der Waals surface area contributed by atoms with Gasteiger partial charge in [0.25, 0.3) is 5.91 Å². The van der Waals surface area contributed by atoms with Crippen LogP contribution < -0.4 is 5.01 Å². The Morgan fingerprint density at radius 3 is 2.63 bits per heavy atom. The summed E-state index contributed by atoms with van der Waals surface area (Å²) in [6.07, 6.45) is 3.58. The molecule has 0 fully saturated rings. The molecular weight excluding hydrogens is 244 g/mol. The Kier molecular flexibility index (Phi) is 4.19. The molecule has 1 heterocycles. The summed E-state index contributed by atoms with van der Waals surface area (Å²) in [5.74, 6) is -0.175. The second-order valence-electron chi connectivity index (χ2n) is 4.36. The minimum Gasteiger partial charge on any atom is -0.375 e. The van der Waals surface area contributed by atoms with Crippen molar-refractivity contribution in [2.75, 3.05) is 25.3 Å². The largest absolute Gasteiger partial charge is 0.375 e. The average molecular weight is 262 g/mol. The lowest BCUT2D eigenvalue weighted by atomic mass is 10.1. The Morgan fingerprint density at radius 1 is 1.42 bits per heavy atom. The van der Waals surface area contributed by atoms with Gasteiger partial charge >= 0.3 is 0 Å². The fraction of sp³-hybridized carbons (Fsp3) is 0.357. The molecule has 19 heavy (non-hydrogen) atoms. The maximum absolute atomic E-state index is 12.3. The summed E-state index contributed by atoms with van der Waals surface area (Å²) in [6, 6.07) is 5.90. The fourth-order valence-corrected chi connectivity index (χ4v) is 2.08. The summed E-state index contributed by atoms with van der Waals surface area (Å²) in [7, 11) is 1.50. The van der Waals surface area contributed by atoms with Crippen LogP contribution in [-0.2, 0) is 14.4 Å². The topological polar surface area (TPSA) is 42.0 Å². The zero-order valence-corrected chi connectivity index (χ0v) is 11.4. The third kappa shape index (κ3) is 2.77. The van der Waals surface area contributed by atoms with Gasteiger partial charge in [-0.2, -0.15) is 10.2 Å². The van der Waals surface area contributed by atoms with Crippen LogP contribution in [0.1, 0.15) is 11.1 Å². The first-order chi connectivity index (χ1) is 9.15. The number of amides is 1. The number of hydrogen-bond acceptors (Lipinski definition) is 4. The van der Waals surface area contributed by atoms with Crippen molar-refractivity contribution >= 4 is 11.6 Å². The van der Waals surface area contributed by atoms with Gasteiger partial charge in [0.15, 0.2) is 0 Å². The smallest absolute Gasteiger partial charge is 0.273 e. The van der Waals surface area contributed by atoms with E-state index in [1.54, 1.807) is 6.20 Å². The molecule has 1 aromatic rings. The Balaban J connectivity index is 2.41. The quantitative estimate of drug-likeness (QED) is 0.832. The molecule has 0 saturated carbocycles. The molecule has 0 atom stereocenters. The first kappa shape index (κ1) is 13.6. The first-order valence-electron chi connectivity index (χ1n) is 6.12. The van der Waals surface area contributed by atoms with Gasteiger partial charge in [0.2, 0.25) is 0 Å². The van der Waals surface area contributed by atoms with Gasteiger partial charge in [-0.1, -0.05) is 18.2 Å². The molecule has 0 spiro atoms. The molecule has 5 nitrogen and oxygen atoms in total. The molecular formula is C14H18N2O3. The Labute approximate surface area is 112 Å². The summed E-state index contributed by atoms with van der Waals surface area (Å²) >= 11 is 0. The maximum atomic E-state index is 12.3. The minimum atomic E-state index is -0.175. The van der Waals surface area contributed by atoms with E-state index in [1.807, 2.05) is 38.1 Å². The number of hydrazine groups is 1. The van der Waals surface area contributed by atoms with E-state index in [0.717, 1.165) is 16.8 Å². The van der Waals surface area contributed by atoms with E-state index >= 15 is 0 Å². The maximum Gasteiger partial charge on any atom is 0.273 e. The molecule has 0 aromatic heterocycles. The molecule has 5 heteroatoms. The normalized spacial score (nSPS) is 13.9. The summed E-state index contributed by atoms with van der Waals surface area (Å²) in [5.41, 5.74) is 2.85. The summed E-state index contributed by atoms with van der Waals surface area (Å²) in [6.45, 7) is 4.40. The summed E-state index contributed by atoms with van der Waals surface area (Å²) in [4.78, 5) is 17.7. The van der Waals surface area contributed by atoms with E-state index in [9.17, 15) is 4.79 Å². The highest BCUT2D eigenvalue weighted by Gasteiger charge is 2.26. The third-order valence-corrected chi connectivity index (χ3v) is 2.89. The van der Waals surface area contributed by atoms with Gasteiger partial charge in [-0.3, -0.25) is 4.79 Å². The standard InChI is InChI=1S/C14H18N2O3/c1-11-6-4-7-12(2)14(11)16(13(17)10-18-3)15-8-5-9-19-15/h4-8H,9-10H2,1-3H3. The second-order valence-corrected chi connectivity index (χ2v) is 4.36. The number of para-hydroxylation sites is 1. The molecule has 1 aliphatic heterocycles. The van der Waals surface area contributed by atoms with Crippen molar-refractivity contribution in [1.82, 2.24) is 5.17 Å². The minimum absolute atomic E-state index is 0.00146. The van der Waals surface area contributed by atoms with Crippen LogP contribution in [-0.4, -0.2) is 31.4 Å². The highest BCUT2D eigenvalue weighted by atomic mass is 16.7. The lowest BCUT2D eigenvalue weighted by Crippen LogP contribution is -2.45. The zero-order valence-electron chi connectivity index (χ0n) is 11.4. The van der Waals surface area contributed by atoms with E-state index in [2.05, 4.69) is 0 Å². The zero-order chi connectivity index (χ0) is 13.8. The SMILES string of the molecule is COCC(=O)N(c1c(C)cccc1C)N1C=CCO1. The van der Waals surface area contributed by atoms with E-state index < -0.39 is 0 Å². The third-order valence-electron chi connectivity index (χ3n) is 2.89. The fourth-order valence-electron chi connectivity index (χ4n) is 2.08. The molecule has 1 aliphatic rings.